The summed E-state index contributed by atoms with van der Waals surface area (Å²) in [6.45, 7) is 4.17. The monoisotopic (exact) mass is 534 g/mol. The molecule has 9 heteroatoms. The number of nitrogens with zero attached hydrogens (tertiary/aromatic N) is 2. The Bertz CT molecular complexity index is 1220. The average Bonchev–Trinajstić information content (AvgIpc) is 3.34. The quantitative estimate of drug-likeness (QED) is 0.525. The van der Waals surface area contributed by atoms with Crippen LogP contribution in [0.2, 0.25) is 0 Å². The van der Waals surface area contributed by atoms with E-state index in [1.807, 2.05) is 63.2 Å². The third kappa shape index (κ3) is 6.42. The van der Waals surface area contributed by atoms with Crippen LogP contribution in [0.3, 0.4) is 0 Å². The van der Waals surface area contributed by atoms with E-state index in [0.29, 0.717) is 37.1 Å². The Kier molecular flexibility index (Phi) is 8.91. The van der Waals surface area contributed by atoms with Gasteiger partial charge in [0.15, 0.2) is 0 Å². The topological polar surface area (TPSA) is 111 Å². The van der Waals surface area contributed by atoms with Gasteiger partial charge in [0.2, 0.25) is 17.7 Å². The molecule has 2 aromatic carbocycles. The van der Waals surface area contributed by atoms with E-state index < -0.39 is 30.1 Å². The van der Waals surface area contributed by atoms with Crippen LogP contribution >= 0.6 is 0 Å². The van der Waals surface area contributed by atoms with E-state index in [1.54, 1.807) is 23.1 Å². The molecule has 0 aliphatic carbocycles. The summed E-state index contributed by atoms with van der Waals surface area (Å²) >= 11 is 0. The van der Waals surface area contributed by atoms with E-state index >= 15 is 0 Å². The SMILES string of the molecule is CC[C@@H](C)[C@@H]1NC(=O)[C@@H]2[C@H](CCN2C(=O)[C@H](Cc2ccccc2)N(C)C)Oc2ccc(c(O)c2)C=CNC1=O. The molecular formula is C30H38N4O5. The highest BCUT2D eigenvalue weighted by Gasteiger charge is 2.46. The number of fused-ring (bicyclic) bond motifs is 7. The van der Waals surface area contributed by atoms with Gasteiger partial charge in [-0.15, -0.1) is 0 Å². The van der Waals surface area contributed by atoms with Crippen LogP contribution in [0.25, 0.3) is 6.08 Å². The molecule has 2 aromatic rings. The number of phenolic OH excluding ortho intramolecular Hbond substituents is 1. The number of likely N-dealkylation sites (tertiary alicyclic amines) is 1. The van der Waals surface area contributed by atoms with Crippen molar-refractivity contribution in [2.45, 2.75) is 57.3 Å². The standard InChI is InChI=1S/C30H38N4O5/c1-5-19(2)26-28(36)31-15-13-21-11-12-22(18-24(21)35)39-25-14-16-34(27(25)29(37)32-26)30(38)23(33(3)4)17-20-9-7-6-8-10-20/h6-13,15,18-19,23,25-27,35H,5,14,16-17H2,1-4H3,(H,31,36)(H,32,37)/t19-,23+,25+,26+,27+/m1/s1. The zero-order valence-corrected chi connectivity index (χ0v) is 23.0. The lowest BCUT2D eigenvalue weighted by Gasteiger charge is -2.34. The fourth-order valence-electron chi connectivity index (χ4n) is 5.12. The van der Waals surface area contributed by atoms with Crippen molar-refractivity contribution in [1.82, 2.24) is 20.4 Å². The molecule has 5 atom stereocenters. The van der Waals surface area contributed by atoms with Gasteiger partial charge in [0.05, 0.1) is 6.04 Å². The summed E-state index contributed by atoms with van der Waals surface area (Å²) in [5.41, 5.74) is 1.53. The largest absolute Gasteiger partial charge is 0.507 e. The van der Waals surface area contributed by atoms with Crippen LogP contribution in [0.5, 0.6) is 11.5 Å². The number of hydrogen-bond acceptors (Lipinski definition) is 6. The van der Waals surface area contributed by atoms with Gasteiger partial charge >= 0.3 is 0 Å². The lowest BCUT2D eigenvalue weighted by atomic mass is 9.97. The highest BCUT2D eigenvalue weighted by Crippen LogP contribution is 2.30. The molecule has 0 unspecified atom stereocenters. The van der Waals surface area contributed by atoms with Gasteiger partial charge in [0.25, 0.3) is 0 Å². The molecule has 208 valence electrons. The van der Waals surface area contributed by atoms with E-state index in [0.717, 1.165) is 5.56 Å². The third-order valence-corrected chi connectivity index (χ3v) is 7.65. The summed E-state index contributed by atoms with van der Waals surface area (Å²) in [5, 5.41) is 16.2. The molecule has 0 saturated carbocycles. The summed E-state index contributed by atoms with van der Waals surface area (Å²) in [7, 11) is 3.70. The van der Waals surface area contributed by atoms with Gasteiger partial charge in [0.1, 0.15) is 29.7 Å². The van der Waals surface area contributed by atoms with Crippen molar-refractivity contribution in [3.05, 3.63) is 65.9 Å². The van der Waals surface area contributed by atoms with Gasteiger partial charge in [-0.25, -0.2) is 0 Å². The second-order valence-corrected chi connectivity index (χ2v) is 10.5. The lowest BCUT2D eigenvalue weighted by Crippen LogP contribution is -2.59. The molecule has 5 rings (SSSR count). The van der Waals surface area contributed by atoms with Crippen molar-refractivity contribution in [3.63, 3.8) is 0 Å². The lowest BCUT2D eigenvalue weighted by molar-refractivity contribution is -0.144. The predicted molar refractivity (Wildman–Crippen MR) is 149 cm³/mol. The fraction of sp³-hybridized carbons (Fsp3) is 0.433. The van der Waals surface area contributed by atoms with Crippen LogP contribution in [0, 0.1) is 5.92 Å². The minimum Gasteiger partial charge on any atom is -0.507 e. The molecule has 0 spiro atoms. The van der Waals surface area contributed by atoms with Gasteiger partial charge in [-0.1, -0.05) is 50.6 Å². The molecule has 3 N–H and O–H groups in total. The minimum absolute atomic E-state index is 0.0176. The van der Waals surface area contributed by atoms with Crippen molar-refractivity contribution >= 4 is 23.8 Å². The Morgan fingerprint density at radius 3 is 2.56 bits per heavy atom. The molecule has 39 heavy (non-hydrogen) atoms. The van der Waals surface area contributed by atoms with Crippen LogP contribution in [0.15, 0.2) is 54.7 Å². The Labute approximate surface area is 229 Å². The average molecular weight is 535 g/mol. The number of phenols is 1. The molecule has 2 bridgehead atoms. The first-order valence-electron chi connectivity index (χ1n) is 13.5. The van der Waals surface area contributed by atoms with Gasteiger partial charge in [0, 0.05) is 30.8 Å². The third-order valence-electron chi connectivity index (χ3n) is 7.65. The van der Waals surface area contributed by atoms with E-state index in [1.165, 1.54) is 12.3 Å². The summed E-state index contributed by atoms with van der Waals surface area (Å²) in [4.78, 5) is 44.4. The second kappa shape index (κ2) is 12.3. The van der Waals surface area contributed by atoms with E-state index in [2.05, 4.69) is 10.6 Å². The minimum atomic E-state index is -0.949. The second-order valence-electron chi connectivity index (χ2n) is 10.5. The zero-order chi connectivity index (χ0) is 28.1. The van der Waals surface area contributed by atoms with Crippen molar-refractivity contribution in [2.24, 2.45) is 5.92 Å². The number of carbonyl (C=O) groups excluding carboxylic acids is 3. The van der Waals surface area contributed by atoms with Gasteiger partial charge in [-0.05, 0) is 50.2 Å². The number of amides is 3. The Morgan fingerprint density at radius 2 is 1.90 bits per heavy atom. The number of carbonyl (C=O) groups is 3. The number of rotatable bonds is 6. The molecule has 0 radical (unpaired) electrons. The molecule has 3 aliphatic heterocycles. The van der Waals surface area contributed by atoms with Crippen LogP contribution in [0.1, 0.15) is 37.8 Å². The molecule has 3 heterocycles. The molecule has 3 amide bonds. The van der Waals surface area contributed by atoms with Crippen LogP contribution in [-0.2, 0) is 20.8 Å². The van der Waals surface area contributed by atoms with Gasteiger partial charge in [-0.3, -0.25) is 19.3 Å². The number of ether oxygens (including phenoxy) is 1. The summed E-state index contributed by atoms with van der Waals surface area (Å²) in [6, 6.07) is 12.4. The number of benzene rings is 2. The maximum atomic E-state index is 14.0. The summed E-state index contributed by atoms with van der Waals surface area (Å²) < 4.78 is 6.22. The first-order valence-corrected chi connectivity index (χ1v) is 13.5. The summed E-state index contributed by atoms with van der Waals surface area (Å²) in [5.74, 6) is -0.761. The van der Waals surface area contributed by atoms with E-state index in [4.69, 9.17) is 4.74 Å². The summed E-state index contributed by atoms with van der Waals surface area (Å²) in [6.07, 6.45) is 3.96. The predicted octanol–water partition coefficient (Wildman–Crippen LogP) is 2.54. The molecule has 1 saturated heterocycles. The smallest absolute Gasteiger partial charge is 0.247 e. The molecule has 3 aliphatic rings. The van der Waals surface area contributed by atoms with Crippen molar-refractivity contribution < 1.29 is 24.2 Å². The van der Waals surface area contributed by atoms with Crippen molar-refractivity contribution in [2.75, 3.05) is 20.6 Å². The van der Waals surface area contributed by atoms with E-state index in [9.17, 15) is 19.5 Å². The first kappa shape index (κ1) is 28.2. The van der Waals surface area contributed by atoms with Crippen LogP contribution < -0.4 is 15.4 Å². The fourth-order valence-corrected chi connectivity index (χ4v) is 5.12. The molecule has 1 fully saturated rings. The van der Waals surface area contributed by atoms with Gasteiger partial charge in [-0.2, -0.15) is 0 Å². The molecule has 9 nitrogen and oxygen atoms in total. The Hall–Kier alpha value is -3.85. The van der Waals surface area contributed by atoms with Crippen LogP contribution in [0.4, 0.5) is 0 Å². The maximum absolute atomic E-state index is 14.0. The Balaban J connectivity index is 1.70. The molecular weight excluding hydrogens is 496 g/mol. The van der Waals surface area contributed by atoms with Gasteiger partial charge < -0.3 is 25.4 Å². The highest BCUT2D eigenvalue weighted by atomic mass is 16.5. The number of likely N-dealkylation sites (N-methyl/N-ethyl adjacent to an activating group) is 1. The maximum Gasteiger partial charge on any atom is 0.247 e. The first-order chi connectivity index (χ1) is 18.7. The highest BCUT2D eigenvalue weighted by molar-refractivity contribution is 5.94. The normalized spacial score (nSPS) is 22.9. The zero-order valence-electron chi connectivity index (χ0n) is 23.0. The van der Waals surface area contributed by atoms with Crippen LogP contribution in [-0.4, -0.2) is 77.5 Å². The van der Waals surface area contributed by atoms with Crippen molar-refractivity contribution in [1.29, 1.82) is 0 Å². The number of nitrogens with one attached hydrogen (secondary N) is 2. The Morgan fingerprint density at radius 1 is 1.15 bits per heavy atom. The van der Waals surface area contributed by atoms with Crippen molar-refractivity contribution in [3.8, 4) is 11.5 Å². The molecule has 0 aromatic heterocycles. The van der Waals surface area contributed by atoms with E-state index in [-0.39, 0.29) is 23.5 Å². The number of aromatic hydroxyl groups is 1. The number of hydrogen-bond donors (Lipinski definition) is 3.